The summed E-state index contributed by atoms with van der Waals surface area (Å²) in [5, 5.41) is 3.01. The molecule has 6 heteroatoms. The van der Waals surface area contributed by atoms with Crippen molar-refractivity contribution >= 4 is 17.7 Å². The molecule has 1 aromatic carbocycles. The van der Waals surface area contributed by atoms with Crippen LogP contribution in [-0.2, 0) is 11.2 Å². The second-order valence-electron chi connectivity index (χ2n) is 8.51. The Balaban J connectivity index is 1.63. The average molecular weight is 398 g/mol. The minimum atomic E-state index is -0.491. The zero-order valence-electron chi connectivity index (χ0n) is 17.8. The van der Waals surface area contributed by atoms with E-state index in [2.05, 4.69) is 18.3 Å². The second-order valence-corrected chi connectivity index (χ2v) is 8.51. The lowest BCUT2D eigenvalue weighted by molar-refractivity contribution is 0.0187. The number of hydrogen-bond donors (Lipinski definition) is 1. The first-order valence-corrected chi connectivity index (χ1v) is 10.3. The van der Waals surface area contributed by atoms with Crippen LogP contribution in [0.15, 0.2) is 42.6 Å². The molecule has 29 heavy (non-hydrogen) atoms. The van der Waals surface area contributed by atoms with Gasteiger partial charge in [-0.2, -0.15) is 0 Å². The molecule has 1 aliphatic rings. The number of anilines is 1. The summed E-state index contributed by atoms with van der Waals surface area (Å²) in [5.74, 6) is -0.113. The predicted octanol–water partition coefficient (Wildman–Crippen LogP) is 4.87. The quantitative estimate of drug-likeness (QED) is 0.800. The van der Waals surface area contributed by atoms with Gasteiger partial charge in [-0.15, -0.1) is 0 Å². The van der Waals surface area contributed by atoms with E-state index in [1.165, 1.54) is 5.56 Å². The van der Waals surface area contributed by atoms with E-state index in [4.69, 9.17) is 4.74 Å². The third-order valence-electron chi connectivity index (χ3n) is 5.11. The molecule has 0 unspecified atom stereocenters. The lowest BCUT2D eigenvalue weighted by Crippen LogP contribution is -2.42. The first kappa shape index (κ1) is 21.0. The van der Waals surface area contributed by atoms with Gasteiger partial charge in [0.15, 0.2) is 0 Å². The van der Waals surface area contributed by atoms with E-state index in [-0.39, 0.29) is 18.0 Å². The number of amides is 2. The van der Waals surface area contributed by atoms with Crippen molar-refractivity contribution in [2.75, 3.05) is 18.4 Å². The van der Waals surface area contributed by atoms with Crippen LogP contribution in [0.4, 0.5) is 10.5 Å². The fourth-order valence-electron chi connectivity index (χ4n) is 3.62. The van der Waals surface area contributed by atoms with Crippen LogP contribution >= 0.6 is 0 Å². The fourth-order valence-corrected chi connectivity index (χ4v) is 3.62. The smallest absolute Gasteiger partial charge is 0.410 e. The summed E-state index contributed by atoms with van der Waals surface area (Å²) in [6, 6.07) is 11.9. The second kappa shape index (κ2) is 8.72. The summed E-state index contributed by atoms with van der Waals surface area (Å²) in [6.45, 7) is 8.96. The van der Waals surface area contributed by atoms with Crippen molar-refractivity contribution in [3.63, 3.8) is 0 Å². The molecule has 1 aromatic heterocycles. The predicted molar refractivity (Wildman–Crippen MR) is 114 cm³/mol. The normalized spacial score (nSPS) is 15.2. The number of rotatable bonds is 4. The highest BCUT2D eigenvalue weighted by molar-refractivity contribution is 6.03. The minimum absolute atomic E-state index is 0.113. The van der Waals surface area contributed by atoms with Crippen LogP contribution in [0.2, 0.25) is 0 Å². The molecule has 2 amide bonds. The minimum Gasteiger partial charge on any atom is -0.444 e. The van der Waals surface area contributed by atoms with Gasteiger partial charge in [-0.1, -0.05) is 19.1 Å². The number of ether oxygens (including phenoxy) is 1. The molecule has 2 aromatic rings. The highest BCUT2D eigenvalue weighted by atomic mass is 16.6. The first-order valence-electron chi connectivity index (χ1n) is 10.3. The molecule has 0 atom stereocenters. The lowest BCUT2D eigenvalue weighted by Gasteiger charge is -2.34. The third kappa shape index (κ3) is 5.40. The van der Waals surface area contributed by atoms with Crippen LogP contribution < -0.4 is 5.32 Å². The molecule has 156 valence electrons. The van der Waals surface area contributed by atoms with Crippen LogP contribution in [-0.4, -0.2) is 40.2 Å². The van der Waals surface area contributed by atoms with Gasteiger partial charge < -0.3 is 19.5 Å². The van der Waals surface area contributed by atoms with Gasteiger partial charge in [0.05, 0.1) is 0 Å². The number of carbonyl (C=O) groups excluding carboxylic acids is 2. The number of likely N-dealkylation sites (tertiary alicyclic amines) is 1. The Morgan fingerprint density at radius 3 is 2.52 bits per heavy atom. The molecular formula is C23H31N3O3. The van der Waals surface area contributed by atoms with E-state index < -0.39 is 5.60 Å². The van der Waals surface area contributed by atoms with Crippen molar-refractivity contribution < 1.29 is 14.3 Å². The van der Waals surface area contributed by atoms with E-state index >= 15 is 0 Å². The largest absolute Gasteiger partial charge is 0.444 e. The summed E-state index contributed by atoms with van der Waals surface area (Å²) in [6.07, 6.45) is 4.19. The van der Waals surface area contributed by atoms with Crippen LogP contribution in [0.25, 0.3) is 0 Å². The van der Waals surface area contributed by atoms with Gasteiger partial charge >= 0.3 is 6.09 Å². The standard InChI is InChI=1S/C23H31N3O3/c1-5-17-8-6-9-18(16-17)24-21(27)20-10-7-13-26(20)19-11-14-25(15-12-19)22(28)29-23(2,3)4/h6-10,13,16,19H,5,11-12,14-15H2,1-4H3,(H,24,27). The number of hydrogen-bond acceptors (Lipinski definition) is 3. The summed E-state index contributed by atoms with van der Waals surface area (Å²) in [5.41, 5.74) is 2.14. The van der Waals surface area contributed by atoms with Crippen LogP contribution in [0, 0.1) is 0 Å². The molecule has 2 heterocycles. The van der Waals surface area contributed by atoms with Crippen LogP contribution in [0.5, 0.6) is 0 Å². The molecule has 0 radical (unpaired) electrons. The molecule has 0 spiro atoms. The summed E-state index contributed by atoms with van der Waals surface area (Å²) >= 11 is 0. The summed E-state index contributed by atoms with van der Waals surface area (Å²) in [4.78, 5) is 26.9. The van der Waals surface area contributed by atoms with Gasteiger partial charge in [0.2, 0.25) is 0 Å². The van der Waals surface area contributed by atoms with Gasteiger partial charge in [-0.05, 0) is 69.9 Å². The van der Waals surface area contributed by atoms with Crippen LogP contribution in [0.3, 0.4) is 0 Å². The van der Waals surface area contributed by atoms with Crippen molar-refractivity contribution in [1.29, 1.82) is 0 Å². The van der Waals surface area contributed by atoms with E-state index in [0.29, 0.717) is 18.8 Å². The maximum atomic E-state index is 12.9. The van der Waals surface area contributed by atoms with Gasteiger partial charge in [-0.25, -0.2) is 4.79 Å². The number of benzene rings is 1. The maximum absolute atomic E-state index is 12.9. The van der Waals surface area contributed by atoms with Crippen molar-refractivity contribution in [2.45, 2.75) is 58.6 Å². The van der Waals surface area contributed by atoms with Gasteiger partial charge in [0.1, 0.15) is 11.3 Å². The van der Waals surface area contributed by atoms with Crippen molar-refractivity contribution in [1.82, 2.24) is 9.47 Å². The van der Waals surface area contributed by atoms with E-state index in [1.807, 2.05) is 61.9 Å². The third-order valence-corrected chi connectivity index (χ3v) is 5.11. The summed E-state index contributed by atoms with van der Waals surface area (Å²) < 4.78 is 7.50. The Labute approximate surface area is 172 Å². The molecule has 6 nitrogen and oxygen atoms in total. The molecule has 3 rings (SSSR count). The molecule has 1 fully saturated rings. The number of carbonyl (C=O) groups is 2. The molecule has 0 aliphatic carbocycles. The molecule has 1 aliphatic heterocycles. The Bertz CT molecular complexity index is 858. The number of aryl methyl sites for hydroxylation is 1. The lowest BCUT2D eigenvalue weighted by atomic mass is 10.0. The van der Waals surface area contributed by atoms with Crippen molar-refractivity contribution in [3.8, 4) is 0 Å². The topological polar surface area (TPSA) is 63.6 Å². The average Bonchev–Trinajstić information content (AvgIpc) is 3.17. The Hall–Kier alpha value is -2.76. The van der Waals surface area contributed by atoms with E-state index in [0.717, 1.165) is 24.9 Å². The Morgan fingerprint density at radius 2 is 1.86 bits per heavy atom. The molecule has 1 N–H and O–H groups in total. The van der Waals surface area contributed by atoms with E-state index in [9.17, 15) is 9.59 Å². The molecular weight excluding hydrogens is 366 g/mol. The first-order chi connectivity index (χ1) is 13.8. The van der Waals surface area contributed by atoms with Gasteiger partial charge in [0, 0.05) is 31.0 Å². The van der Waals surface area contributed by atoms with Crippen molar-refractivity contribution in [2.24, 2.45) is 0 Å². The highest BCUT2D eigenvalue weighted by Gasteiger charge is 2.28. The number of piperidine rings is 1. The monoisotopic (exact) mass is 397 g/mol. The van der Waals surface area contributed by atoms with Gasteiger partial charge in [0.25, 0.3) is 5.91 Å². The number of nitrogens with one attached hydrogen (secondary N) is 1. The highest BCUT2D eigenvalue weighted by Crippen LogP contribution is 2.26. The molecule has 0 bridgehead atoms. The fraction of sp³-hybridized carbons (Fsp3) is 0.478. The Morgan fingerprint density at radius 1 is 1.14 bits per heavy atom. The van der Waals surface area contributed by atoms with Crippen LogP contribution in [0.1, 0.15) is 62.6 Å². The molecule has 0 saturated carbocycles. The zero-order chi connectivity index (χ0) is 21.0. The molecule has 1 saturated heterocycles. The number of aromatic nitrogens is 1. The summed E-state index contributed by atoms with van der Waals surface area (Å²) in [7, 11) is 0. The van der Waals surface area contributed by atoms with E-state index in [1.54, 1.807) is 4.90 Å². The van der Waals surface area contributed by atoms with Gasteiger partial charge in [-0.3, -0.25) is 4.79 Å². The zero-order valence-corrected chi connectivity index (χ0v) is 17.8. The number of nitrogens with zero attached hydrogens (tertiary/aromatic N) is 2. The van der Waals surface area contributed by atoms with Crippen molar-refractivity contribution in [3.05, 3.63) is 53.9 Å². The Kier molecular flexibility index (Phi) is 6.30. The maximum Gasteiger partial charge on any atom is 0.410 e. The SMILES string of the molecule is CCc1cccc(NC(=O)c2cccn2C2CCN(C(=O)OC(C)(C)C)CC2)c1.